The van der Waals surface area contributed by atoms with Crippen LogP contribution in [-0.2, 0) is 16.1 Å². The van der Waals surface area contributed by atoms with Crippen molar-refractivity contribution in [1.29, 1.82) is 0 Å². The normalized spacial score (nSPS) is 28.9. The van der Waals surface area contributed by atoms with E-state index in [-0.39, 0.29) is 28.8 Å². The van der Waals surface area contributed by atoms with E-state index in [0.29, 0.717) is 36.2 Å². The largest absolute Gasteiger partial charge is 0.477 e. The van der Waals surface area contributed by atoms with Crippen molar-refractivity contribution >= 4 is 29.7 Å². The van der Waals surface area contributed by atoms with E-state index in [1.165, 1.54) is 22.9 Å². The van der Waals surface area contributed by atoms with Gasteiger partial charge in [-0.15, -0.1) is 11.8 Å². The Kier molecular flexibility index (Phi) is 4.44. The number of rotatable bonds is 6. The number of anilines is 1. The van der Waals surface area contributed by atoms with Crippen LogP contribution in [0.3, 0.4) is 0 Å². The maximum atomic E-state index is 12.3. The van der Waals surface area contributed by atoms with Crippen LogP contribution in [0.5, 0.6) is 0 Å². The number of β-lactam (4-membered cyclic amide) rings is 1. The number of nitrogens with two attached hydrogens (primary N) is 1. The molecule has 2 fully saturated rings. The van der Waals surface area contributed by atoms with Crippen LogP contribution in [0.2, 0.25) is 0 Å². The van der Waals surface area contributed by atoms with E-state index in [0.717, 1.165) is 0 Å². The van der Waals surface area contributed by atoms with Gasteiger partial charge in [0.2, 0.25) is 5.91 Å². The van der Waals surface area contributed by atoms with Gasteiger partial charge in [0.05, 0.1) is 23.8 Å². The van der Waals surface area contributed by atoms with Crippen molar-refractivity contribution in [2.75, 3.05) is 18.0 Å². The average Bonchev–Trinajstić information content (AvgIpc) is 3.12. The fourth-order valence-electron chi connectivity index (χ4n) is 4.06. The molecule has 0 unspecified atom stereocenters. The summed E-state index contributed by atoms with van der Waals surface area (Å²) in [7, 11) is 0. The van der Waals surface area contributed by atoms with E-state index in [1.807, 2.05) is 11.8 Å². The van der Waals surface area contributed by atoms with Crippen molar-refractivity contribution in [3.8, 4) is 0 Å². The van der Waals surface area contributed by atoms with Crippen LogP contribution < -0.4 is 10.6 Å². The number of thioether (sulfide) groups is 1. The van der Waals surface area contributed by atoms with Crippen molar-refractivity contribution in [2.24, 2.45) is 17.6 Å². The number of carbonyl (C=O) groups is 2. The van der Waals surface area contributed by atoms with Gasteiger partial charge in [-0.1, -0.05) is 6.92 Å². The maximum absolute atomic E-state index is 12.3. The van der Waals surface area contributed by atoms with Crippen LogP contribution in [0.1, 0.15) is 19.5 Å². The number of amides is 1. The smallest absolute Gasteiger partial charge is 0.353 e. The lowest BCUT2D eigenvalue weighted by molar-refractivity contribution is -0.163. The zero-order chi connectivity index (χ0) is 19.5. The van der Waals surface area contributed by atoms with Gasteiger partial charge in [0, 0.05) is 35.7 Å². The molecule has 146 valence electrons. The number of carboxylic acids is 1. The molecule has 2 saturated heterocycles. The minimum atomic E-state index is -1.10. The Bertz CT molecular complexity index is 816. The summed E-state index contributed by atoms with van der Waals surface area (Å²) in [5.41, 5.74) is 6.29. The number of aliphatic carboxylic acids is 1. The highest BCUT2D eigenvalue weighted by atomic mass is 32.2. The van der Waals surface area contributed by atoms with E-state index in [1.54, 1.807) is 6.92 Å². The Balaban J connectivity index is 1.47. The summed E-state index contributed by atoms with van der Waals surface area (Å²) >= 11 is 1.50. The number of oxazole rings is 1. The van der Waals surface area contributed by atoms with Gasteiger partial charge in [0.25, 0.3) is 6.01 Å². The zero-order valence-corrected chi connectivity index (χ0v) is 15.8. The molecule has 0 radical (unpaired) electrons. The van der Waals surface area contributed by atoms with Crippen LogP contribution in [0, 0.1) is 11.8 Å². The third kappa shape index (κ3) is 2.74. The molecule has 4 rings (SSSR count). The van der Waals surface area contributed by atoms with Gasteiger partial charge < -0.3 is 30.2 Å². The Hall–Kier alpha value is -2.04. The summed E-state index contributed by atoms with van der Waals surface area (Å²) in [6.45, 7) is 5.18. The second-order valence-corrected chi connectivity index (χ2v) is 8.58. The molecule has 1 amide bonds. The first-order valence-corrected chi connectivity index (χ1v) is 9.76. The van der Waals surface area contributed by atoms with Crippen LogP contribution in [-0.4, -0.2) is 62.5 Å². The number of aliphatic hydroxyl groups excluding tert-OH is 1. The molecule has 0 bridgehead atoms. The number of hydrogen-bond donors (Lipinski definition) is 3. The minimum Gasteiger partial charge on any atom is -0.477 e. The summed E-state index contributed by atoms with van der Waals surface area (Å²) < 4.78 is 5.40. The van der Waals surface area contributed by atoms with Gasteiger partial charge in [-0.05, 0) is 6.92 Å². The quantitative estimate of drug-likeness (QED) is 0.579. The highest BCUT2D eigenvalue weighted by Crippen LogP contribution is 2.52. The van der Waals surface area contributed by atoms with Gasteiger partial charge in [-0.25, -0.2) is 4.79 Å². The number of fused-ring (bicyclic) bond motifs is 1. The molecule has 9 nitrogen and oxygen atoms in total. The Labute approximate surface area is 160 Å². The number of nitrogens with zero attached hydrogens (tertiary/aromatic N) is 3. The summed E-state index contributed by atoms with van der Waals surface area (Å²) in [6.07, 6.45) is 0.744. The Morgan fingerprint density at radius 2 is 2.22 bits per heavy atom. The maximum Gasteiger partial charge on any atom is 0.353 e. The van der Waals surface area contributed by atoms with E-state index in [9.17, 15) is 19.8 Å². The molecule has 1 aromatic heterocycles. The summed E-state index contributed by atoms with van der Waals surface area (Å²) in [5, 5.41) is 19.7. The number of carboxylic acid groups (broad SMARTS) is 1. The molecule has 0 aliphatic carbocycles. The molecule has 0 aromatic carbocycles. The first-order valence-electron chi connectivity index (χ1n) is 8.88. The van der Waals surface area contributed by atoms with Gasteiger partial charge in [0.15, 0.2) is 0 Å². The molecule has 4 heterocycles. The number of aromatic nitrogens is 1. The molecule has 4 N–H and O–H groups in total. The van der Waals surface area contributed by atoms with Crippen LogP contribution in [0.25, 0.3) is 0 Å². The number of hydrogen-bond acceptors (Lipinski definition) is 8. The van der Waals surface area contributed by atoms with Crippen LogP contribution >= 0.6 is 11.8 Å². The standard InChI is InChI=1S/C17H22N4O5S/c1-7-12-11(8(2)22)15(23)21(12)13(16(24)25)14(7)27-10-4-20(5-10)17-19-9(3-18)6-26-17/h6-8,10-12,22H,3-5,18H2,1-2H3,(H,24,25)/t7-,8-,11-,12-/m1/s1. The summed E-state index contributed by atoms with van der Waals surface area (Å²) in [5.74, 6) is -2.05. The molecule has 3 aliphatic rings. The topological polar surface area (TPSA) is 133 Å². The van der Waals surface area contributed by atoms with Crippen molar-refractivity contribution < 1.29 is 24.2 Å². The Morgan fingerprint density at radius 3 is 2.78 bits per heavy atom. The van der Waals surface area contributed by atoms with E-state index in [4.69, 9.17) is 10.2 Å². The Morgan fingerprint density at radius 1 is 1.52 bits per heavy atom. The fourth-order valence-corrected chi connectivity index (χ4v) is 5.58. The molecular formula is C17H22N4O5S. The van der Waals surface area contributed by atoms with Crippen molar-refractivity contribution in [3.63, 3.8) is 0 Å². The molecule has 4 atom stereocenters. The monoisotopic (exact) mass is 394 g/mol. The molecule has 3 aliphatic heterocycles. The first kappa shape index (κ1) is 18.3. The highest BCUT2D eigenvalue weighted by molar-refractivity contribution is 8.03. The first-order chi connectivity index (χ1) is 12.8. The van der Waals surface area contributed by atoms with Crippen molar-refractivity contribution in [3.05, 3.63) is 22.6 Å². The van der Waals surface area contributed by atoms with E-state index < -0.39 is 18.0 Å². The molecule has 1 aromatic rings. The molecular weight excluding hydrogens is 372 g/mol. The summed E-state index contributed by atoms with van der Waals surface area (Å²) in [6, 6.07) is 0.244. The molecule has 0 spiro atoms. The molecule has 0 saturated carbocycles. The average molecular weight is 394 g/mol. The van der Waals surface area contributed by atoms with Crippen molar-refractivity contribution in [2.45, 2.75) is 37.8 Å². The van der Waals surface area contributed by atoms with Gasteiger partial charge in [0.1, 0.15) is 12.0 Å². The fraction of sp³-hybridized carbons (Fsp3) is 0.588. The predicted molar refractivity (Wildman–Crippen MR) is 97.6 cm³/mol. The van der Waals surface area contributed by atoms with Crippen LogP contribution in [0.4, 0.5) is 6.01 Å². The summed E-state index contributed by atoms with van der Waals surface area (Å²) in [4.78, 5) is 32.5. The third-order valence-electron chi connectivity index (χ3n) is 5.47. The van der Waals surface area contributed by atoms with Gasteiger partial charge in [-0.3, -0.25) is 4.79 Å². The highest BCUT2D eigenvalue weighted by Gasteiger charge is 2.60. The zero-order valence-electron chi connectivity index (χ0n) is 15.0. The molecule has 10 heteroatoms. The number of carbonyl (C=O) groups excluding carboxylic acids is 1. The van der Waals surface area contributed by atoms with Crippen molar-refractivity contribution in [1.82, 2.24) is 9.88 Å². The van der Waals surface area contributed by atoms with Gasteiger partial charge in [-0.2, -0.15) is 4.98 Å². The van der Waals surface area contributed by atoms with Gasteiger partial charge >= 0.3 is 5.97 Å². The lowest BCUT2D eigenvalue weighted by atomic mass is 9.79. The van der Waals surface area contributed by atoms with E-state index in [2.05, 4.69) is 4.98 Å². The van der Waals surface area contributed by atoms with E-state index >= 15 is 0 Å². The predicted octanol–water partition coefficient (Wildman–Crippen LogP) is 0.209. The lowest BCUT2D eigenvalue weighted by Gasteiger charge is -2.46. The number of aliphatic hydroxyl groups is 1. The second-order valence-electron chi connectivity index (χ2n) is 7.24. The third-order valence-corrected chi connectivity index (χ3v) is 6.92. The second kappa shape index (κ2) is 6.54. The SMILES string of the molecule is C[C@@H](O)[C@H]1C(=O)N2C(C(=O)O)=C(SC3CN(c4nc(CN)co4)C3)[C@H](C)[C@H]12. The lowest BCUT2D eigenvalue weighted by Crippen LogP contribution is -2.63. The molecule has 27 heavy (non-hydrogen) atoms. The minimum absolute atomic E-state index is 0.0689. The van der Waals surface area contributed by atoms with Crippen LogP contribution in [0.15, 0.2) is 21.3 Å².